The third kappa shape index (κ3) is 3.11. The van der Waals surface area contributed by atoms with E-state index >= 15 is 0 Å². The van der Waals surface area contributed by atoms with Crippen LogP contribution in [-0.4, -0.2) is 5.78 Å². The van der Waals surface area contributed by atoms with Crippen LogP contribution in [0.2, 0.25) is 0 Å². The number of ether oxygens (including phenoxy) is 1. The van der Waals surface area contributed by atoms with Crippen LogP contribution in [0.3, 0.4) is 0 Å². The van der Waals surface area contributed by atoms with E-state index in [0.717, 1.165) is 42.4 Å². The second kappa shape index (κ2) is 6.61. The summed E-state index contributed by atoms with van der Waals surface area (Å²) in [6.45, 7) is 3.76. The molecule has 0 saturated heterocycles. The van der Waals surface area contributed by atoms with Crippen molar-refractivity contribution in [3.8, 4) is 5.75 Å². The molecule has 0 N–H and O–H groups in total. The van der Waals surface area contributed by atoms with E-state index in [1.807, 2.05) is 36.4 Å². The fourth-order valence-corrected chi connectivity index (χ4v) is 2.88. The molecule has 2 heteroatoms. The van der Waals surface area contributed by atoms with Crippen molar-refractivity contribution >= 4 is 16.6 Å². The molecule has 2 aromatic rings. The van der Waals surface area contributed by atoms with Crippen molar-refractivity contribution in [3.05, 3.63) is 66.5 Å². The molecule has 112 valence electrons. The first-order valence-corrected chi connectivity index (χ1v) is 7.80. The van der Waals surface area contributed by atoms with Crippen LogP contribution < -0.4 is 4.74 Å². The number of benzene rings is 2. The number of hydrogen-bond acceptors (Lipinski definition) is 2. The lowest BCUT2D eigenvalue weighted by atomic mass is 9.93. The van der Waals surface area contributed by atoms with Gasteiger partial charge in [-0.05, 0) is 54.2 Å². The number of Topliss-reactive ketones (excluding diaryl/α,β-unsaturated/α-hetero) is 1. The molecule has 0 amide bonds. The molecule has 0 heterocycles. The normalized spacial score (nSPS) is 15.2. The molecule has 0 aromatic heterocycles. The summed E-state index contributed by atoms with van der Waals surface area (Å²) in [7, 11) is 0. The Balaban J connectivity index is 1.91. The molecule has 0 atom stereocenters. The fourth-order valence-electron chi connectivity index (χ4n) is 2.88. The van der Waals surface area contributed by atoms with Crippen LogP contribution in [0, 0.1) is 0 Å². The van der Waals surface area contributed by atoms with Gasteiger partial charge in [0.25, 0.3) is 0 Å². The fraction of sp³-hybridized carbons (Fsp3) is 0.250. The quantitative estimate of drug-likeness (QED) is 0.709. The van der Waals surface area contributed by atoms with E-state index in [9.17, 15) is 4.79 Å². The van der Waals surface area contributed by atoms with Crippen LogP contribution in [0.15, 0.2) is 66.5 Å². The van der Waals surface area contributed by atoms with Crippen LogP contribution in [-0.2, 0) is 4.79 Å². The van der Waals surface area contributed by atoms with Crippen molar-refractivity contribution in [2.24, 2.45) is 0 Å². The highest BCUT2D eigenvalue weighted by Crippen LogP contribution is 2.29. The van der Waals surface area contributed by atoms with Gasteiger partial charge in [0.2, 0.25) is 0 Å². The average molecular weight is 292 g/mol. The summed E-state index contributed by atoms with van der Waals surface area (Å²) in [4.78, 5) is 12.2. The van der Waals surface area contributed by atoms with Gasteiger partial charge in [-0.3, -0.25) is 4.79 Å². The van der Waals surface area contributed by atoms with E-state index < -0.39 is 0 Å². The molecule has 0 fully saturated rings. The zero-order chi connectivity index (χ0) is 15.4. The topological polar surface area (TPSA) is 26.3 Å². The molecule has 0 radical (unpaired) electrons. The maximum absolute atomic E-state index is 12.2. The van der Waals surface area contributed by atoms with Crippen LogP contribution >= 0.6 is 0 Å². The van der Waals surface area contributed by atoms with Gasteiger partial charge < -0.3 is 4.74 Å². The van der Waals surface area contributed by atoms with Gasteiger partial charge in [-0.15, -0.1) is 6.58 Å². The first-order valence-electron chi connectivity index (χ1n) is 7.80. The third-order valence-electron chi connectivity index (χ3n) is 4.05. The van der Waals surface area contributed by atoms with E-state index in [4.69, 9.17) is 4.74 Å². The molecular weight excluding hydrogens is 272 g/mol. The summed E-state index contributed by atoms with van der Waals surface area (Å²) in [5, 5.41) is 2.29. The Morgan fingerprint density at radius 3 is 2.73 bits per heavy atom. The minimum atomic E-state index is 0.124. The Hall–Kier alpha value is -2.35. The summed E-state index contributed by atoms with van der Waals surface area (Å²) in [5.74, 6) is 1.42. The van der Waals surface area contributed by atoms with Gasteiger partial charge in [0.15, 0.2) is 11.5 Å². The Labute approximate surface area is 131 Å². The van der Waals surface area contributed by atoms with Crippen molar-refractivity contribution in [3.63, 3.8) is 0 Å². The minimum Gasteiger partial charge on any atom is -0.454 e. The highest BCUT2D eigenvalue weighted by atomic mass is 16.5. The predicted molar refractivity (Wildman–Crippen MR) is 89.9 cm³/mol. The SMILES string of the molecule is C=CCCC1=C(Oc2ccc3ccccc3c2)C(=O)CCC1. The molecule has 0 aliphatic heterocycles. The number of allylic oxidation sites excluding steroid dienone is 3. The van der Waals surface area contributed by atoms with Crippen molar-refractivity contribution < 1.29 is 9.53 Å². The monoisotopic (exact) mass is 292 g/mol. The molecule has 22 heavy (non-hydrogen) atoms. The van der Waals surface area contributed by atoms with Crippen molar-refractivity contribution in [2.75, 3.05) is 0 Å². The van der Waals surface area contributed by atoms with Crippen LogP contribution in [0.5, 0.6) is 5.75 Å². The molecule has 3 rings (SSSR count). The van der Waals surface area contributed by atoms with Gasteiger partial charge >= 0.3 is 0 Å². The predicted octanol–water partition coefficient (Wildman–Crippen LogP) is 5.19. The van der Waals surface area contributed by atoms with Crippen molar-refractivity contribution in [2.45, 2.75) is 32.1 Å². The zero-order valence-electron chi connectivity index (χ0n) is 12.7. The zero-order valence-corrected chi connectivity index (χ0v) is 12.7. The molecule has 0 bridgehead atoms. The summed E-state index contributed by atoms with van der Waals surface area (Å²) in [5.41, 5.74) is 1.13. The number of hydrogen-bond donors (Lipinski definition) is 0. The van der Waals surface area contributed by atoms with Gasteiger partial charge in [0, 0.05) is 6.42 Å². The molecule has 2 aromatic carbocycles. The van der Waals surface area contributed by atoms with Gasteiger partial charge in [0.1, 0.15) is 5.75 Å². The van der Waals surface area contributed by atoms with E-state index in [-0.39, 0.29) is 5.78 Å². The summed E-state index contributed by atoms with van der Waals surface area (Å²) in [6, 6.07) is 14.1. The average Bonchev–Trinajstić information content (AvgIpc) is 2.55. The molecule has 0 unspecified atom stereocenters. The Kier molecular flexibility index (Phi) is 4.38. The van der Waals surface area contributed by atoms with E-state index in [2.05, 4.69) is 18.7 Å². The largest absolute Gasteiger partial charge is 0.454 e. The Morgan fingerprint density at radius 2 is 1.91 bits per heavy atom. The van der Waals surface area contributed by atoms with Gasteiger partial charge in [-0.2, -0.15) is 0 Å². The smallest absolute Gasteiger partial charge is 0.197 e. The first kappa shape index (κ1) is 14.6. The summed E-state index contributed by atoms with van der Waals surface area (Å²) >= 11 is 0. The third-order valence-corrected chi connectivity index (χ3v) is 4.05. The van der Waals surface area contributed by atoms with Crippen molar-refractivity contribution in [1.29, 1.82) is 0 Å². The van der Waals surface area contributed by atoms with E-state index in [1.54, 1.807) is 0 Å². The number of rotatable bonds is 5. The summed E-state index contributed by atoms with van der Waals surface area (Å²) < 4.78 is 5.98. The molecule has 1 aliphatic rings. The van der Waals surface area contributed by atoms with Gasteiger partial charge in [-0.25, -0.2) is 0 Å². The Bertz CT molecular complexity index is 740. The lowest BCUT2D eigenvalue weighted by molar-refractivity contribution is -0.118. The van der Waals surface area contributed by atoms with Gasteiger partial charge in [0.05, 0.1) is 0 Å². The van der Waals surface area contributed by atoms with E-state index in [0.29, 0.717) is 12.2 Å². The maximum Gasteiger partial charge on any atom is 0.197 e. The second-order valence-electron chi connectivity index (χ2n) is 5.65. The molecule has 0 saturated carbocycles. The van der Waals surface area contributed by atoms with Crippen LogP contribution in [0.1, 0.15) is 32.1 Å². The van der Waals surface area contributed by atoms with Crippen molar-refractivity contribution in [1.82, 2.24) is 0 Å². The number of carbonyl (C=O) groups excluding carboxylic acids is 1. The standard InChI is InChI=1S/C20H20O2/c1-2-3-7-16-10-6-11-19(21)20(16)22-18-13-12-15-8-4-5-9-17(15)14-18/h2,4-5,8-9,12-14H,1,3,6-7,10-11H2. The second-order valence-corrected chi connectivity index (χ2v) is 5.65. The van der Waals surface area contributed by atoms with E-state index in [1.165, 1.54) is 5.39 Å². The van der Waals surface area contributed by atoms with Gasteiger partial charge in [-0.1, -0.05) is 36.4 Å². The lowest BCUT2D eigenvalue weighted by Gasteiger charge is -2.19. The first-order chi connectivity index (χ1) is 10.8. The Morgan fingerprint density at radius 1 is 1.09 bits per heavy atom. The highest BCUT2D eigenvalue weighted by molar-refractivity contribution is 5.95. The van der Waals surface area contributed by atoms with Crippen LogP contribution in [0.25, 0.3) is 10.8 Å². The molecule has 0 spiro atoms. The maximum atomic E-state index is 12.2. The number of carbonyl (C=O) groups is 1. The number of fused-ring (bicyclic) bond motifs is 1. The number of ketones is 1. The lowest BCUT2D eigenvalue weighted by Crippen LogP contribution is -2.16. The highest BCUT2D eigenvalue weighted by Gasteiger charge is 2.22. The molecule has 1 aliphatic carbocycles. The molecular formula is C20H20O2. The minimum absolute atomic E-state index is 0.124. The summed E-state index contributed by atoms with van der Waals surface area (Å²) in [6.07, 6.45) is 6.09. The molecule has 2 nitrogen and oxygen atoms in total. The van der Waals surface area contributed by atoms with Crippen LogP contribution in [0.4, 0.5) is 0 Å².